The molecule has 0 aromatic heterocycles. The summed E-state index contributed by atoms with van der Waals surface area (Å²) in [6, 6.07) is 22.5. The van der Waals surface area contributed by atoms with Crippen LogP contribution in [0.4, 0.5) is 9.59 Å². The maximum Gasteiger partial charge on any atom is 0.407 e. The number of alkyl carbamates (subject to hydrolysis) is 2. The molecule has 3 saturated carbocycles. The highest BCUT2D eigenvalue weighted by atomic mass is 16.8. The summed E-state index contributed by atoms with van der Waals surface area (Å²) in [6.07, 6.45) is -3.50. The van der Waals surface area contributed by atoms with Crippen molar-refractivity contribution in [3.8, 4) is 16.9 Å². The monoisotopic (exact) mass is 1240 g/mol. The zero-order valence-corrected chi connectivity index (χ0v) is 52.5. The van der Waals surface area contributed by atoms with E-state index in [2.05, 4.69) is 54.8 Å². The van der Waals surface area contributed by atoms with Gasteiger partial charge in [-0.25, -0.2) is 14.4 Å². The van der Waals surface area contributed by atoms with Gasteiger partial charge in [-0.2, -0.15) is 0 Å². The Hall–Kier alpha value is -5.97. The third-order valence-electron chi connectivity index (χ3n) is 21.0. The smallest absolute Gasteiger partial charge is 0.407 e. The summed E-state index contributed by atoms with van der Waals surface area (Å²) < 4.78 is 53.9. The van der Waals surface area contributed by atoms with Gasteiger partial charge >= 0.3 is 24.1 Å². The molecule has 2 heterocycles. The number of amides is 2. The first-order chi connectivity index (χ1) is 42.6. The molecule has 14 unspecified atom stereocenters. The van der Waals surface area contributed by atoms with Crippen LogP contribution in [0.1, 0.15) is 152 Å². The van der Waals surface area contributed by atoms with Crippen LogP contribution >= 0.6 is 0 Å². The van der Waals surface area contributed by atoms with Gasteiger partial charge in [0, 0.05) is 50.1 Å². The number of ketones is 1. The third-order valence-corrected chi connectivity index (χ3v) is 21.0. The fraction of sp³-hybridized carbons (Fsp3) is 0.638. The van der Waals surface area contributed by atoms with E-state index in [0.717, 1.165) is 38.5 Å². The van der Waals surface area contributed by atoms with Crippen LogP contribution < -0.4 is 15.4 Å². The molecule has 0 spiro atoms. The summed E-state index contributed by atoms with van der Waals surface area (Å²) in [5, 5.41) is 53.0. The first kappa shape index (κ1) is 66.0. The second kappa shape index (κ2) is 28.3. The van der Waals surface area contributed by atoms with Gasteiger partial charge in [0.2, 0.25) is 0 Å². The van der Waals surface area contributed by atoms with Crippen molar-refractivity contribution >= 4 is 29.9 Å². The van der Waals surface area contributed by atoms with Crippen LogP contribution in [-0.4, -0.2) is 157 Å². The number of benzene rings is 3. The van der Waals surface area contributed by atoms with Crippen molar-refractivity contribution in [1.29, 1.82) is 0 Å². The second-order valence-corrected chi connectivity index (χ2v) is 26.7. The van der Waals surface area contributed by atoms with E-state index in [4.69, 9.17) is 42.6 Å². The molecule has 20 heteroatoms. The summed E-state index contributed by atoms with van der Waals surface area (Å²) in [5.41, 5.74) is 3.29. The molecule has 89 heavy (non-hydrogen) atoms. The number of carbonyl (C=O) groups is 5. The van der Waals surface area contributed by atoms with Crippen molar-refractivity contribution in [3.63, 3.8) is 0 Å². The molecular weight excluding hydrogens is 1140 g/mol. The molecule has 2 aliphatic heterocycles. The maximum atomic E-state index is 14.4. The van der Waals surface area contributed by atoms with E-state index < -0.39 is 110 Å². The van der Waals surface area contributed by atoms with Crippen molar-refractivity contribution in [2.75, 3.05) is 40.0 Å². The van der Waals surface area contributed by atoms with Crippen LogP contribution in [-0.2, 0) is 47.5 Å². The van der Waals surface area contributed by atoms with E-state index in [-0.39, 0.29) is 65.5 Å². The number of hydrogen-bond acceptors (Lipinski definition) is 18. The number of esters is 2. The van der Waals surface area contributed by atoms with Gasteiger partial charge < -0.3 is 73.7 Å². The number of aliphatic hydroxyl groups excluding tert-OH is 3. The molecule has 10 rings (SSSR count). The van der Waals surface area contributed by atoms with Crippen LogP contribution in [0.5, 0.6) is 5.75 Å². The lowest BCUT2D eigenvalue weighted by Gasteiger charge is -2.59. The average Bonchev–Trinajstić information content (AvgIpc) is 1.59. The molecule has 7 aliphatic rings. The number of carbonyl (C=O) groups excluding carboxylic acids is 5. The highest BCUT2D eigenvalue weighted by Gasteiger charge is 2.71. The Morgan fingerprint density at radius 2 is 1.36 bits per heavy atom. The lowest BCUT2D eigenvalue weighted by atomic mass is 9.46. The maximum absolute atomic E-state index is 14.4. The van der Waals surface area contributed by atoms with Gasteiger partial charge in [-0.05, 0) is 133 Å². The first-order valence-electron chi connectivity index (χ1n) is 32.2. The number of Topliss-reactive ketones (excluding diaryl/α,β-unsaturated/α-hetero) is 1. The normalized spacial score (nSPS) is 33.2. The number of nitrogens with one attached hydrogen (secondary N) is 2. The number of allylic oxidation sites excluding steroid dienone is 1. The minimum absolute atomic E-state index is 0.00225. The predicted octanol–water partition coefficient (Wildman–Crippen LogP) is 8.86. The molecule has 0 radical (unpaired) electrons. The number of unbranched alkanes of at least 4 members (excludes halogenated alkanes) is 3. The Labute approximate surface area is 522 Å². The Balaban J connectivity index is 0.750. The number of rotatable bonds is 23. The zero-order chi connectivity index (χ0) is 63.4. The molecule has 5 fully saturated rings. The highest BCUT2D eigenvalue weighted by molar-refractivity contribution is 5.89. The number of hydrogen-bond donors (Lipinski definition) is 6. The average molecular weight is 1240 g/mol. The summed E-state index contributed by atoms with van der Waals surface area (Å²) in [5.74, 6) is -1.74. The number of ether oxygens (including phenoxy) is 9. The first-order valence-corrected chi connectivity index (χ1v) is 32.2. The standard InChI is InChI=1S/C69H92N2O18/c1-39(2)20-27-54(73)40(3)69(80)57(87-64-61(85-41(4)72)59(56(75)38-83-64)89-63-60(58(76)55(74)37-82-63)88-62(77)42-21-24-44(81-7)25-22-42)35-53-50-26-23-43-34-45(28-30-67(43,5)52(50)29-31-68(53,69)6)86-66(79)71-33-15-9-8-14-32-70-65(78)84-36-51-48-18-12-10-16-46(48)47-17-11-13-19-49(47)51/h10-13,16-19,21-25,39-40,45,50-53,55-61,63-64,74-76,80H,8-9,14-15,20,26-38H2,1-7H3,(H,70,78)(H,71,79)/t40-,45?,50?,52?,53+,55?,56?,57?,58?,59?,60?,61?,63?,64?,67?,68?,69-/m1/s1. The van der Waals surface area contributed by atoms with Crippen molar-refractivity contribution in [3.05, 3.63) is 101 Å². The summed E-state index contributed by atoms with van der Waals surface area (Å²) >= 11 is 0. The SMILES string of the molecule is COc1ccc(C(=O)OC2C(OC3C(O)COC(OC4C[C@H]5C6CC=C7CC(OC(=O)NCCCCCCNC(=O)OCC8c9ccccc9-c9ccccc98)CCC7(C)C6CCC5(C)[C@@]4(O)[C@H](C)C(=O)CCC(C)C)C3OC(C)=O)OCC(O)C2O)cc1. The number of fused-ring (bicyclic) bond motifs is 8. The van der Waals surface area contributed by atoms with E-state index in [1.54, 1.807) is 19.1 Å². The Morgan fingerprint density at radius 3 is 2.01 bits per heavy atom. The quantitative estimate of drug-likeness (QED) is 0.0224. The zero-order valence-electron chi connectivity index (χ0n) is 52.5. The van der Waals surface area contributed by atoms with Gasteiger partial charge in [0.1, 0.15) is 54.3 Å². The fourth-order valence-corrected chi connectivity index (χ4v) is 16.0. The Morgan fingerprint density at radius 1 is 0.719 bits per heavy atom. The molecule has 5 aliphatic carbocycles. The van der Waals surface area contributed by atoms with Crippen LogP contribution in [0.3, 0.4) is 0 Å². The van der Waals surface area contributed by atoms with E-state index in [0.29, 0.717) is 57.4 Å². The second-order valence-electron chi connectivity index (χ2n) is 26.7. The third kappa shape index (κ3) is 13.8. The molecule has 20 nitrogen and oxygen atoms in total. The van der Waals surface area contributed by atoms with Gasteiger partial charge in [0.15, 0.2) is 24.8 Å². The number of methoxy groups -OCH3 is 1. The topological polar surface area (TPSA) is 273 Å². The fourth-order valence-electron chi connectivity index (χ4n) is 16.0. The van der Waals surface area contributed by atoms with E-state index in [1.807, 2.05) is 38.1 Å². The summed E-state index contributed by atoms with van der Waals surface area (Å²) in [4.78, 5) is 66.8. The highest BCUT2D eigenvalue weighted by Crippen LogP contribution is 2.69. The van der Waals surface area contributed by atoms with Crippen LogP contribution in [0.25, 0.3) is 11.1 Å². The van der Waals surface area contributed by atoms with Crippen molar-refractivity contribution < 1.29 is 87.0 Å². The molecule has 17 atom stereocenters. The molecular formula is C69H92N2O18. The van der Waals surface area contributed by atoms with Crippen molar-refractivity contribution in [2.45, 2.75) is 198 Å². The Bertz CT molecular complexity index is 2960. The van der Waals surface area contributed by atoms with Gasteiger partial charge in [-0.15, -0.1) is 0 Å². The summed E-state index contributed by atoms with van der Waals surface area (Å²) in [6.45, 7) is 11.9. The summed E-state index contributed by atoms with van der Waals surface area (Å²) in [7, 11) is 1.48. The predicted molar refractivity (Wildman–Crippen MR) is 325 cm³/mol. The molecule has 486 valence electrons. The van der Waals surface area contributed by atoms with E-state index in [1.165, 1.54) is 54.0 Å². The Kier molecular flexibility index (Phi) is 21.0. The molecule has 6 N–H and O–H groups in total. The van der Waals surface area contributed by atoms with Gasteiger partial charge in [-0.1, -0.05) is 108 Å². The van der Waals surface area contributed by atoms with Gasteiger partial charge in [0.25, 0.3) is 0 Å². The molecule has 2 saturated heterocycles. The molecule has 3 aromatic rings. The van der Waals surface area contributed by atoms with Crippen molar-refractivity contribution in [1.82, 2.24) is 10.6 Å². The molecule has 3 aromatic carbocycles. The lowest BCUT2D eigenvalue weighted by Crippen LogP contribution is -2.64. The van der Waals surface area contributed by atoms with E-state index >= 15 is 0 Å². The largest absolute Gasteiger partial charge is 0.497 e. The minimum Gasteiger partial charge on any atom is -0.497 e. The van der Waals surface area contributed by atoms with Crippen LogP contribution in [0.2, 0.25) is 0 Å². The van der Waals surface area contributed by atoms with Gasteiger partial charge in [0.05, 0.1) is 32.0 Å². The lowest BCUT2D eigenvalue weighted by molar-refractivity contribution is -0.345. The minimum atomic E-state index is -1.74. The van der Waals surface area contributed by atoms with E-state index in [9.17, 15) is 44.4 Å². The van der Waals surface area contributed by atoms with Gasteiger partial charge in [-0.3, -0.25) is 9.59 Å². The number of aliphatic hydroxyl groups is 4. The van der Waals surface area contributed by atoms with Crippen LogP contribution in [0, 0.1) is 40.4 Å². The molecule has 2 amide bonds. The molecule has 0 bridgehead atoms. The van der Waals surface area contributed by atoms with Crippen LogP contribution in [0.15, 0.2) is 84.4 Å². The van der Waals surface area contributed by atoms with Crippen molar-refractivity contribution in [2.24, 2.45) is 40.4 Å².